The summed E-state index contributed by atoms with van der Waals surface area (Å²) in [7, 11) is 0. The summed E-state index contributed by atoms with van der Waals surface area (Å²) in [6.07, 6.45) is 61.4. The molecule has 0 saturated carbocycles. The third kappa shape index (κ3) is 46.9. The number of unbranched alkanes of at least 4 members (excludes halogenated alkanes) is 38. The molecule has 0 aliphatic carbocycles. The number of amides is 1. The van der Waals surface area contributed by atoms with Gasteiger partial charge in [-0.3, -0.25) is 9.59 Å². The Morgan fingerprint density at radius 3 is 1.22 bits per heavy atom. The maximum absolute atomic E-state index is 13.2. The summed E-state index contributed by atoms with van der Waals surface area (Å²) in [4.78, 5) is 26.1. The van der Waals surface area contributed by atoms with E-state index in [1.54, 1.807) is 0 Å². The Bertz CT molecular complexity index is 1010. The molecular weight excluding hydrogens is 791 g/mol. The van der Waals surface area contributed by atoms with Crippen LogP contribution in [0.3, 0.4) is 0 Å². The summed E-state index contributed by atoms with van der Waals surface area (Å²) >= 11 is 0. The predicted molar refractivity (Wildman–Crippen MR) is 278 cm³/mol. The second-order valence-electron chi connectivity index (χ2n) is 19.7. The van der Waals surface area contributed by atoms with Gasteiger partial charge in [-0.1, -0.05) is 283 Å². The molecule has 0 aromatic heterocycles. The van der Waals surface area contributed by atoms with Gasteiger partial charge >= 0.3 is 5.97 Å². The molecule has 0 saturated heterocycles. The molecule has 64 heavy (non-hydrogen) atoms. The van der Waals surface area contributed by atoms with Gasteiger partial charge in [0.25, 0.3) is 0 Å². The first kappa shape index (κ1) is 62.3. The van der Waals surface area contributed by atoms with E-state index in [0.717, 1.165) is 51.4 Å². The maximum atomic E-state index is 13.2. The Labute approximate surface area is 399 Å². The Morgan fingerprint density at radius 2 is 0.828 bits per heavy atom. The minimum atomic E-state index is -0.807. The summed E-state index contributed by atoms with van der Waals surface area (Å²) in [5, 5.41) is 23.8. The molecule has 0 radical (unpaired) electrons. The number of hydrogen-bond donors (Lipinski definition) is 3. The second kappa shape index (κ2) is 52.3. The summed E-state index contributed by atoms with van der Waals surface area (Å²) in [5.41, 5.74) is 0. The third-order valence-electron chi connectivity index (χ3n) is 13.3. The summed E-state index contributed by atoms with van der Waals surface area (Å²) in [6.45, 7) is 6.48. The van der Waals surface area contributed by atoms with Crippen molar-refractivity contribution in [2.75, 3.05) is 6.61 Å². The van der Waals surface area contributed by atoms with Crippen molar-refractivity contribution in [2.45, 2.75) is 328 Å². The fourth-order valence-electron chi connectivity index (χ4n) is 8.93. The van der Waals surface area contributed by atoms with Gasteiger partial charge in [-0.05, 0) is 38.2 Å². The summed E-state index contributed by atoms with van der Waals surface area (Å²) in [5.74, 6) is -0.584. The molecule has 3 unspecified atom stereocenters. The molecule has 0 spiro atoms. The largest absolute Gasteiger partial charge is 0.458 e. The number of carbonyl (C=O) groups is 2. The van der Waals surface area contributed by atoms with E-state index in [9.17, 15) is 19.8 Å². The topological polar surface area (TPSA) is 95.9 Å². The quantitative estimate of drug-likeness (QED) is 0.0321. The number of aliphatic hydroxyl groups excluding tert-OH is 2. The molecule has 0 aromatic carbocycles. The number of ether oxygens (including phenoxy) is 1. The van der Waals surface area contributed by atoms with Gasteiger partial charge in [-0.15, -0.1) is 0 Å². The lowest BCUT2D eigenvalue weighted by Gasteiger charge is -2.23. The monoisotopic (exact) mass is 902 g/mol. The molecule has 0 heterocycles. The molecule has 0 aliphatic heterocycles. The van der Waals surface area contributed by atoms with Gasteiger partial charge in [0, 0.05) is 6.42 Å². The van der Waals surface area contributed by atoms with Gasteiger partial charge in [0.15, 0.2) is 0 Å². The number of aliphatic hydroxyl groups is 2. The van der Waals surface area contributed by atoms with E-state index in [0.29, 0.717) is 12.8 Å². The number of rotatable bonds is 52. The van der Waals surface area contributed by atoms with Gasteiger partial charge in [0.2, 0.25) is 5.91 Å². The lowest BCUT2D eigenvalue weighted by Crippen LogP contribution is -2.46. The second-order valence-corrected chi connectivity index (χ2v) is 19.7. The molecule has 0 aromatic rings. The zero-order chi connectivity index (χ0) is 46.7. The highest BCUT2D eigenvalue weighted by Crippen LogP contribution is 2.18. The summed E-state index contributed by atoms with van der Waals surface area (Å²) in [6, 6.07) is -0.728. The minimum Gasteiger partial charge on any atom is -0.458 e. The number of nitrogens with one attached hydrogen (secondary N) is 1. The molecule has 6 nitrogen and oxygen atoms in total. The molecule has 6 heteroatoms. The lowest BCUT2D eigenvalue weighted by atomic mass is 10.0. The first-order valence-corrected chi connectivity index (χ1v) is 28.6. The van der Waals surface area contributed by atoms with E-state index in [4.69, 9.17) is 4.74 Å². The predicted octanol–water partition coefficient (Wildman–Crippen LogP) is 17.5. The molecule has 0 bridgehead atoms. The van der Waals surface area contributed by atoms with E-state index in [1.807, 2.05) is 12.2 Å². The molecule has 0 fully saturated rings. The van der Waals surface area contributed by atoms with Crippen LogP contribution in [0.5, 0.6) is 0 Å². The normalized spacial score (nSPS) is 13.3. The smallest absolute Gasteiger partial charge is 0.306 e. The average Bonchev–Trinajstić information content (AvgIpc) is 3.29. The van der Waals surface area contributed by atoms with Crippen LogP contribution in [0.2, 0.25) is 0 Å². The zero-order valence-electron chi connectivity index (χ0n) is 43.2. The lowest BCUT2D eigenvalue weighted by molar-refractivity contribution is -0.148. The van der Waals surface area contributed by atoms with Crippen molar-refractivity contribution in [3.8, 4) is 0 Å². The maximum Gasteiger partial charge on any atom is 0.306 e. The van der Waals surface area contributed by atoms with Crippen molar-refractivity contribution in [3.05, 3.63) is 24.3 Å². The standard InChI is InChI=1S/C58H111NO5/c1-4-7-10-13-16-19-22-24-26-28-29-31-33-36-39-42-45-48-51-58(63)64-54(49-46-43-40-37-34-21-18-15-12-9-6-3)52-57(62)59-55(53-60)56(61)50-47-44-41-38-35-32-30-27-25-23-20-17-14-11-8-5-2/h37,40,46,49,54-56,60-61H,4-36,38-39,41-45,47-48,50-53H2,1-3H3,(H,59,62)/b40-37-,49-46+. The van der Waals surface area contributed by atoms with Crippen LogP contribution in [0.25, 0.3) is 0 Å². The van der Waals surface area contributed by atoms with E-state index in [1.165, 1.54) is 218 Å². The van der Waals surface area contributed by atoms with Crippen molar-refractivity contribution >= 4 is 11.9 Å². The van der Waals surface area contributed by atoms with Crippen LogP contribution in [0.1, 0.15) is 310 Å². The van der Waals surface area contributed by atoms with Crippen LogP contribution in [0.15, 0.2) is 24.3 Å². The SMILES string of the molecule is CCCCCCCC/C=C\C/C=C/C(CC(=O)NC(CO)C(O)CCCCCCCCCCCCCCCCCC)OC(=O)CCCCCCCCCCCCCCCCCCCC. The Balaban J connectivity index is 4.47. The van der Waals surface area contributed by atoms with Crippen LogP contribution < -0.4 is 5.32 Å². The Morgan fingerprint density at radius 1 is 0.469 bits per heavy atom. The Kier molecular flexibility index (Phi) is 51.0. The van der Waals surface area contributed by atoms with Crippen LogP contribution in [0, 0.1) is 0 Å². The van der Waals surface area contributed by atoms with E-state index in [2.05, 4.69) is 38.2 Å². The third-order valence-corrected chi connectivity index (χ3v) is 13.3. The summed E-state index contributed by atoms with van der Waals surface area (Å²) < 4.78 is 5.85. The van der Waals surface area contributed by atoms with E-state index in [-0.39, 0.29) is 24.9 Å². The van der Waals surface area contributed by atoms with Crippen molar-refractivity contribution in [3.63, 3.8) is 0 Å². The number of hydrogen-bond acceptors (Lipinski definition) is 5. The van der Waals surface area contributed by atoms with Crippen molar-refractivity contribution < 1.29 is 24.5 Å². The van der Waals surface area contributed by atoms with Crippen molar-refractivity contribution in [1.29, 1.82) is 0 Å². The van der Waals surface area contributed by atoms with Crippen LogP contribution in [-0.2, 0) is 14.3 Å². The van der Waals surface area contributed by atoms with Gasteiger partial charge in [-0.2, -0.15) is 0 Å². The Hall–Kier alpha value is -1.66. The first-order chi connectivity index (χ1) is 31.5. The zero-order valence-corrected chi connectivity index (χ0v) is 43.2. The highest BCUT2D eigenvalue weighted by Gasteiger charge is 2.23. The molecule has 1 amide bonds. The van der Waals surface area contributed by atoms with Crippen LogP contribution in [-0.4, -0.2) is 46.9 Å². The number of esters is 1. The van der Waals surface area contributed by atoms with Gasteiger partial charge in [0.05, 0.1) is 25.2 Å². The number of carbonyl (C=O) groups excluding carboxylic acids is 2. The van der Waals surface area contributed by atoms with Crippen molar-refractivity contribution in [2.24, 2.45) is 0 Å². The van der Waals surface area contributed by atoms with Crippen LogP contribution >= 0.6 is 0 Å². The average molecular weight is 903 g/mol. The number of allylic oxidation sites excluding steroid dienone is 3. The van der Waals surface area contributed by atoms with Gasteiger partial charge in [-0.25, -0.2) is 0 Å². The first-order valence-electron chi connectivity index (χ1n) is 28.6. The van der Waals surface area contributed by atoms with Crippen LogP contribution in [0.4, 0.5) is 0 Å². The highest BCUT2D eigenvalue weighted by molar-refractivity contribution is 5.78. The molecular formula is C58H111NO5. The minimum absolute atomic E-state index is 0.0227. The molecule has 3 atom stereocenters. The van der Waals surface area contributed by atoms with E-state index >= 15 is 0 Å². The molecule has 0 rings (SSSR count). The fourth-order valence-corrected chi connectivity index (χ4v) is 8.93. The molecule has 3 N–H and O–H groups in total. The molecule has 378 valence electrons. The van der Waals surface area contributed by atoms with Crippen molar-refractivity contribution in [1.82, 2.24) is 5.32 Å². The van der Waals surface area contributed by atoms with Gasteiger partial charge < -0.3 is 20.3 Å². The van der Waals surface area contributed by atoms with E-state index < -0.39 is 18.2 Å². The highest BCUT2D eigenvalue weighted by atomic mass is 16.5. The van der Waals surface area contributed by atoms with Gasteiger partial charge in [0.1, 0.15) is 6.10 Å². The fraction of sp³-hybridized carbons (Fsp3) is 0.897. The molecule has 0 aliphatic rings.